The summed E-state index contributed by atoms with van der Waals surface area (Å²) in [5.74, 6) is 0. The summed E-state index contributed by atoms with van der Waals surface area (Å²) in [5.41, 5.74) is 2.25. The summed E-state index contributed by atoms with van der Waals surface area (Å²) in [6.45, 7) is 0. The van der Waals surface area contributed by atoms with Crippen LogP contribution in [0.5, 0.6) is 0 Å². The van der Waals surface area contributed by atoms with Gasteiger partial charge in [-0.15, -0.1) is 0 Å². The number of rotatable bonds is 2. The lowest BCUT2D eigenvalue weighted by molar-refractivity contribution is 1.07. The molecule has 0 amide bonds. The maximum absolute atomic E-state index is 4.05. The summed E-state index contributed by atoms with van der Waals surface area (Å²) < 4.78 is 0.872. The van der Waals surface area contributed by atoms with Gasteiger partial charge in [0.2, 0.25) is 0 Å². The summed E-state index contributed by atoms with van der Waals surface area (Å²) in [5, 5.41) is 0. The van der Waals surface area contributed by atoms with E-state index in [1.807, 2.05) is 18.3 Å². The molecule has 0 radical (unpaired) electrons. The molecule has 1 N–H and O–H groups in total. The second-order valence-corrected chi connectivity index (χ2v) is 3.46. The van der Waals surface area contributed by atoms with Crippen LogP contribution in [-0.2, 0) is 6.42 Å². The molecule has 0 atom stereocenters. The first-order chi connectivity index (χ1) is 6.36. The molecule has 66 valence electrons. The van der Waals surface area contributed by atoms with E-state index in [1.165, 1.54) is 5.56 Å². The fourth-order valence-electron chi connectivity index (χ4n) is 1.14. The molecule has 2 heterocycles. The van der Waals surface area contributed by atoms with Crippen molar-refractivity contribution in [1.29, 1.82) is 0 Å². The molecule has 0 aromatic carbocycles. The summed E-state index contributed by atoms with van der Waals surface area (Å²) in [4.78, 5) is 11.2. The first-order valence-corrected chi connectivity index (χ1v) is 4.72. The van der Waals surface area contributed by atoms with Crippen molar-refractivity contribution in [1.82, 2.24) is 15.0 Å². The van der Waals surface area contributed by atoms with Gasteiger partial charge < -0.3 is 4.98 Å². The number of aromatic amines is 1. The van der Waals surface area contributed by atoms with Crippen LogP contribution in [0.15, 0.2) is 35.5 Å². The molecule has 2 aromatic heterocycles. The highest BCUT2D eigenvalue weighted by atomic mass is 79.9. The molecule has 3 nitrogen and oxygen atoms in total. The lowest BCUT2D eigenvalue weighted by atomic mass is 10.2. The molecule has 2 aromatic rings. The minimum Gasteiger partial charge on any atom is -0.347 e. The van der Waals surface area contributed by atoms with Crippen molar-refractivity contribution in [3.05, 3.63) is 46.7 Å². The minimum atomic E-state index is 0.828. The molecule has 0 aliphatic heterocycles. The zero-order valence-corrected chi connectivity index (χ0v) is 8.45. The van der Waals surface area contributed by atoms with Gasteiger partial charge in [0.05, 0.1) is 12.0 Å². The highest BCUT2D eigenvalue weighted by molar-refractivity contribution is 9.10. The molecule has 0 saturated heterocycles. The highest BCUT2D eigenvalue weighted by Crippen LogP contribution is 2.14. The maximum atomic E-state index is 4.05. The van der Waals surface area contributed by atoms with Crippen LogP contribution in [-0.4, -0.2) is 15.0 Å². The third kappa shape index (κ3) is 1.95. The van der Waals surface area contributed by atoms with Crippen molar-refractivity contribution in [2.45, 2.75) is 6.42 Å². The Kier molecular flexibility index (Phi) is 2.40. The molecule has 4 heteroatoms. The summed E-state index contributed by atoms with van der Waals surface area (Å²) in [6.07, 6.45) is 6.13. The van der Waals surface area contributed by atoms with Gasteiger partial charge in [-0.3, -0.25) is 4.98 Å². The van der Waals surface area contributed by atoms with Crippen molar-refractivity contribution in [3.8, 4) is 0 Å². The van der Waals surface area contributed by atoms with Gasteiger partial charge in [-0.25, -0.2) is 4.98 Å². The number of H-pyrrole nitrogens is 1. The Morgan fingerprint density at radius 3 is 3.00 bits per heavy atom. The van der Waals surface area contributed by atoms with Crippen LogP contribution in [0.1, 0.15) is 11.3 Å². The first-order valence-electron chi connectivity index (χ1n) is 3.93. The van der Waals surface area contributed by atoms with Gasteiger partial charge in [-0.05, 0) is 27.6 Å². The number of hydrogen-bond donors (Lipinski definition) is 1. The van der Waals surface area contributed by atoms with E-state index < -0.39 is 0 Å². The molecule has 2 rings (SSSR count). The smallest absolute Gasteiger partial charge is 0.127 e. The zero-order valence-electron chi connectivity index (χ0n) is 6.87. The van der Waals surface area contributed by atoms with Crippen LogP contribution < -0.4 is 0 Å². The van der Waals surface area contributed by atoms with Gasteiger partial charge in [0.15, 0.2) is 0 Å². The Morgan fingerprint density at radius 2 is 2.38 bits per heavy atom. The van der Waals surface area contributed by atoms with E-state index in [4.69, 9.17) is 0 Å². The number of hydrogen-bond acceptors (Lipinski definition) is 2. The van der Waals surface area contributed by atoms with Gasteiger partial charge in [0, 0.05) is 18.8 Å². The number of nitrogens with zero attached hydrogens (tertiary/aromatic N) is 2. The van der Waals surface area contributed by atoms with Crippen molar-refractivity contribution in [2.75, 3.05) is 0 Å². The molecule has 0 aliphatic rings. The Morgan fingerprint density at radius 1 is 1.46 bits per heavy atom. The van der Waals surface area contributed by atoms with Gasteiger partial charge >= 0.3 is 0 Å². The van der Waals surface area contributed by atoms with Crippen molar-refractivity contribution < 1.29 is 0 Å². The van der Waals surface area contributed by atoms with Crippen LogP contribution in [0.2, 0.25) is 0 Å². The Bertz CT molecular complexity index is 383. The normalized spacial score (nSPS) is 10.2. The number of halogens is 1. The van der Waals surface area contributed by atoms with E-state index in [2.05, 4.69) is 30.9 Å². The lowest BCUT2D eigenvalue weighted by Crippen LogP contribution is -1.89. The zero-order chi connectivity index (χ0) is 9.10. The van der Waals surface area contributed by atoms with Crippen LogP contribution in [0, 0.1) is 0 Å². The molecule has 0 fully saturated rings. The molecule has 0 spiro atoms. The van der Waals surface area contributed by atoms with E-state index >= 15 is 0 Å². The van der Waals surface area contributed by atoms with E-state index in [1.54, 1.807) is 12.5 Å². The number of nitrogens with one attached hydrogen (secondary N) is 1. The molecule has 0 bridgehead atoms. The maximum Gasteiger partial charge on any atom is 0.127 e. The topological polar surface area (TPSA) is 41.6 Å². The second kappa shape index (κ2) is 3.70. The van der Waals surface area contributed by atoms with Gasteiger partial charge in [-0.2, -0.15) is 0 Å². The average molecular weight is 238 g/mol. The second-order valence-electron chi connectivity index (χ2n) is 2.71. The van der Waals surface area contributed by atoms with Crippen LogP contribution in [0.3, 0.4) is 0 Å². The minimum absolute atomic E-state index is 0.828. The molecular formula is C9H8BrN3. The lowest BCUT2D eigenvalue weighted by Gasteiger charge is -1.97. The standard InChI is InChI=1S/C9H8BrN3/c10-9-8(12-6-13-9)4-7-2-1-3-11-5-7/h1-3,5-6H,4H2,(H,12,13). The van der Waals surface area contributed by atoms with E-state index in [9.17, 15) is 0 Å². The monoisotopic (exact) mass is 237 g/mol. The molecule has 13 heavy (non-hydrogen) atoms. The summed E-state index contributed by atoms with van der Waals surface area (Å²) in [6, 6.07) is 3.97. The first kappa shape index (κ1) is 8.44. The fourth-order valence-corrected chi connectivity index (χ4v) is 1.49. The number of aromatic nitrogens is 3. The van der Waals surface area contributed by atoms with Gasteiger partial charge in [-0.1, -0.05) is 6.07 Å². The fraction of sp³-hybridized carbons (Fsp3) is 0.111. The Balaban J connectivity index is 2.20. The van der Waals surface area contributed by atoms with Gasteiger partial charge in [0.1, 0.15) is 4.60 Å². The van der Waals surface area contributed by atoms with E-state index in [0.717, 1.165) is 16.7 Å². The SMILES string of the molecule is Brc1nc[nH]c1Cc1cccnc1. The molecule has 0 unspecified atom stereocenters. The predicted molar refractivity (Wildman–Crippen MR) is 53.3 cm³/mol. The van der Waals surface area contributed by atoms with Crippen LogP contribution in [0.4, 0.5) is 0 Å². The van der Waals surface area contributed by atoms with E-state index in [0.29, 0.717) is 0 Å². The Labute approximate surface area is 84.4 Å². The number of imidazole rings is 1. The van der Waals surface area contributed by atoms with E-state index in [-0.39, 0.29) is 0 Å². The van der Waals surface area contributed by atoms with Crippen LogP contribution >= 0.6 is 15.9 Å². The van der Waals surface area contributed by atoms with Crippen molar-refractivity contribution in [2.24, 2.45) is 0 Å². The van der Waals surface area contributed by atoms with Crippen molar-refractivity contribution in [3.63, 3.8) is 0 Å². The Hall–Kier alpha value is -1.16. The summed E-state index contributed by atoms with van der Waals surface area (Å²) >= 11 is 3.36. The van der Waals surface area contributed by atoms with Gasteiger partial charge in [0.25, 0.3) is 0 Å². The van der Waals surface area contributed by atoms with Crippen LogP contribution in [0.25, 0.3) is 0 Å². The third-order valence-electron chi connectivity index (χ3n) is 1.77. The highest BCUT2D eigenvalue weighted by Gasteiger charge is 2.02. The molecular weight excluding hydrogens is 230 g/mol. The third-order valence-corrected chi connectivity index (χ3v) is 2.45. The van der Waals surface area contributed by atoms with Crippen molar-refractivity contribution >= 4 is 15.9 Å². The average Bonchev–Trinajstić information content (AvgIpc) is 2.54. The number of pyridine rings is 1. The summed E-state index contributed by atoms with van der Waals surface area (Å²) in [7, 11) is 0. The molecule has 0 aliphatic carbocycles. The predicted octanol–water partition coefficient (Wildman–Crippen LogP) is 2.16. The largest absolute Gasteiger partial charge is 0.347 e. The quantitative estimate of drug-likeness (QED) is 0.870. The molecule has 0 saturated carbocycles.